The molecule has 0 spiro atoms. The molecule has 6 atom stereocenters. The van der Waals surface area contributed by atoms with Gasteiger partial charge in [0.1, 0.15) is 30.3 Å². The molecule has 0 radical (unpaired) electrons. The zero-order chi connectivity index (χ0) is 33.8. The number of rotatable bonds is 4. The number of ether oxygens (including phenoxy) is 3. The molecule has 0 saturated carbocycles. The zero-order valence-electron chi connectivity index (χ0n) is 26.7. The average Bonchev–Trinajstić information content (AvgIpc) is 3.54. The number of carbonyl (C=O) groups is 1. The van der Waals surface area contributed by atoms with Crippen molar-refractivity contribution in [1.82, 2.24) is 24.6 Å². The third-order valence-corrected chi connectivity index (χ3v) is 9.21. The Morgan fingerprint density at radius 1 is 1.17 bits per heavy atom. The molecule has 0 aliphatic carbocycles. The van der Waals surface area contributed by atoms with Gasteiger partial charge in [0.2, 0.25) is 5.88 Å². The third kappa shape index (κ3) is 8.34. The number of imidazole rings is 1. The molecular weight excluding hydrogens is 636 g/mol. The molecule has 47 heavy (non-hydrogen) atoms. The van der Waals surface area contributed by atoms with Crippen LogP contribution in [0, 0.1) is 11.3 Å². The molecule has 2 aliphatic rings. The molecule has 3 N–H and O–H groups in total. The molecule has 0 amide bonds. The van der Waals surface area contributed by atoms with Crippen molar-refractivity contribution in [3.05, 3.63) is 55.1 Å². The van der Waals surface area contributed by atoms with Crippen LogP contribution >= 0.6 is 7.75 Å². The smallest absolute Gasteiger partial charge is 0.459 e. The summed E-state index contributed by atoms with van der Waals surface area (Å²) in [5.74, 6) is -3.74. The second-order valence-electron chi connectivity index (χ2n) is 12.8. The number of benzene rings is 1. The molecule has 16 heteroatoms. The van der Waals surface area contributed by atoms with Crippen LogP contribution in [-0.2, 0) is 23.4 Å². The molecule has 14 nitrogen and oxygen atoms in total. The third-order valence-electron chi connectivity index (χ3n) is 7.64. The molecule has 5 rings (SSSR count). The predicted molar refractivity (Wildman–Crippen MR) is 167 cm³/mol. The van der Waals surface area contributed by atoms with Crippen LogP contribution < -0.4 is 14.3 Å². The summed E-state index contributed by atoms with van der Waals surface area (Å²) in [6, 6.07) is 7.01. The van der Waals surface area contributed by atoms with E-state index in [1.54, 1.807) is 30.3 Å². The molecule has 1 fully saturated rings. The molecule has 3 aromatic rings. The van der Waals surface area contributed by atoms with Crippen molar-refractivity contribution in [2.45, 2.75) is 77.3 Å². The fourth-order valence-electron chi connectivity index (χ4n) is 5.16. The Morgan fingerprint density at radius 3 is 2.68 bits per heavy atom. The second kappa shape index (κ2) is 14.3. The first kappa shape index (κ1) is 34.9. The largest absolute Gasteiger partial charge is 0.476 e. The molecule has 256 valence electrons. The Hall–Kier alpha value is -3.46. The number of aromatic nitrogens is 4. The van der Waals surface area contributed by atoms with Crippen LogP contribution in [0.4, 0.5) is 4.39 Å². The molecule has 6 bridgehead atoms. The van der Waals surface area contributed by atoms with E-state index in [1.807, 2.05) is 39.8 Å². The van der Waals surface area contributed by atoms with Gasteiger partial charge >= 0.3 is 13.7 Å². The summed E-state index contributed by atoms with van der Waals surface area (Å²) in [5.41, 5.74) is -0.149. The van der Waals surface area contributed by atoms with Gasteiger partial charge in [0, 0.05) is 5.41 Å². The summed E-state index contributed by atoms with van der Waals surface area (Å²) in [6.07, 6.45) is 2.11. The Balaban J connectivity index is 1.49. The molecular formula is C31H41FN5O9P. The van der Waals surface area contributed by atoms with Crippen molar-refractivity contribution in [3.63, 3.8) is 0 Å². The quantitative estimate of drug-likeness (QED) is 0.203. The number of carbonyl (C=O) groups excluding carboxylic acids is 1. The van der Waals surface area contributed by atoms with Crippen molar-refractivity contribution < 1.29 is 47.2 Å². The van der Waals surface area contributed by atoms with Crippen LogP contribution in [0.2, 0.25) is 0 Å². The number of hydrogen-bond donors (Lipinski definition) is 3. The Bertz CT molecular complexity index is 1600. The normalized spacial score (nSPS) is 31.4. The maximum absolute atomic E-state index is 15.8. The van der Waals surface area contributed by atoms with E-state index in [0.717, 1.165) is 4.57 Å². The van der Waals surface area contributed by atoms with E-state index < -0.39 is 56.1 Å². The maximum Gasteiger partial charge on any atom is 0.459 e. The Morgan fingerprint density at radius 2 is 1.94 bits per heavy atom. The number of nitrogens with zero attached hydrogens (tertiary/aromatic N) is 4. The summed E-state index contributed by atoms with van der Waals surface area (Å²) in [4.78, 5) is 26.0. The average molecular weight is 678 g/mol. The lowest BCUT2D eigenvalue weighted by Crippen LogP contribution is -2.43. The summed E-state index contributed by atoms with van der Waals surface area (Å²) >= 11 is 0. The van der Waals surface area contributed by atoms with Gasteiger partial charge in [0.15, 0.2) is 17.4 Å². The van der Waals surface area contributed by atoms with Gasteiger partial charge in [-0.2, -0.15) is 10.1 Å². The molecule has 1 unspecified atom stereocenters. The van der Waals surface area contributed by atoms with Crippen molar-refractivity contribution in [2.24, 2.45) is 11.3 Å². The summed E-state index contributed by atoms with van der Waals surface area (Å²) in [6.45, 7) is 7.31. The first-order chi connectivity index (χ1) is 22.3. The lowest BCUT2D eigenvalue weighted by molar-refractivity contribution is -0.195. The second-order valence-corrected chi connectivity index (χ2v) is 14.5. The Kier molecular flexibility index (Phi) is 10.6. The monoisotopic (exact) mass is 677 g/mol. The number of alkyl halides is 1. The van der Waals surface area contributed by atoms with E-state index in [-0.39, 0.29) is 48.3 Å². The molecule has 1 saturated heterocycles. The molecule has 2 aliphatic heterocycles. The summed E-state index contributed by atoms with van der Waals surface area (Å²) in [7, 11) is -4.45. The van der Waals surface area contributed by atoms with E-state index in [4.69, 9.17) is 23.3 Å². The fraction of sp³-hybridized carbons (Fsp3) is 0.548. The minimum absolute atomic E-state index is 0.0291. The van der Waals surface area contributed by atoms with Crippen LogP contribution in [0.5, 0.6) is 11.6 Å². The number of fused-ring (bicyclic) bond motifs is 3. The first-order valence-electron chi connectivity index (χ1n) is 15.4. The van der Waals surface area contributed by atoms with Gasteiger partial charge in [0.05, 0.1) is 26.1 Å². The molecule has 1 aromatic carbocycles. The van der Waals surface area contributed by atoms with Gasteiger partial charge in [-0.1, -0.05) is 58.0 Å². The lowest BCUT2D eigenvalue weighted by Gasteiger charge is -2.28. The first-order valence-corrected chi connectivity index (χ1v) is 17.0. The van der Waals surface area contributed by atoms with Crippen LogP contribution in [0.3, 0.4) is 0 Å². The number of esters is 1. The van der Waals surface area contributed by atoms with Crippen molar-refractivity contribution in [2.75, 3.05) is 19.8 Å². The van der Waals surface area contributed by atoms with E-state index in [9.17, 15) is 19.6 Å². The van der Waals surface area contributed by atoms with Gasteiger partial charge in [-0.05, 0) is 37.3 Å². The SMILES string of the molecule is CC(C)C[C@H]1NP(=O)(Oc2ccccc2)OC[C@H]2O[C@@H](n3cnc4c(ncnc43)OCC/C=C/CC(C)(C)COC1=O)[C@@](O)(F)[C@@H]2O. The standard InChI is InChI=1S/C31H41FN5O9P/c1-20(2)15-22-28(39)43-17-30(3,4)13-9-6-10-14-42-27-24-26(33-18-34-27)37(19-35-24)29-31(32,40)25(38)23(45-29)16-44-47(41,36-22)46-21-11-7-5-8-12-21/h5-9,11-12,18-20,22-23,25,29,38,40H,10,13-17H2,1-4H3,(H,36,41)/b9-6+/t22-,23-,25-,29-,31-,47?/m1/s1. The van der Waals surface area contributed by atoms with Crippen molar-refractivity contribution >= 4 is 24.9 Å². The summed E-state index contributed by atoms with van der Waals surface area (Å²) in [5, 5.41) is 24.3. The summed E-state index contributed by atoms with van der Waals surface area (Å²) < 4.78 is 59.9. The highest BCUT2D eigenvalue weighted by Crippen LogP contribution is 2.48. The van der Waals surface area contributed by atoms with Crippen molar-refractivity contribution in [1.29, 1.82) is 0 Å². The minimum Gasteiger partial charge on any atom is -0.476 e. The highest BCUT2D eigenvalue weighted by Gasteiger charge is 2.58. The van der Waals surface area contributed by atoms with Gasteiger partial charge in [-0.25, -0.2) is 18.9 Å². The van der Waals surface area contributed by atoms with Gasteiger partial charge in [-0.3, -0.25) is 13.9 Å². The van der Waals surface area contributed by atoms with E-state index in [0.29, 0.717) is 12.8 Å². The number of allylic oxidation sites excluding steroid dienone is 1. The predicted octanol–water partition coefficient (Wildman–Crippen LogP) is 4.25. The van der Waals surface area contributed by atoms with Crippen LogP contribution in [-0.4, -0.2) is 79.6 Å². The Labute approximate surface area is 271 Å². The number of halogens is 1. The minimum atomic E-state index is -4.45. The topological polar surface area (TPSA) is 176 Å². The van der Waals surface area contributed by atoms with Crippen LogP contribution in [0.15, 0.2) is 55.1 Å². The van der Waals surface area contributed by atoms with E-state index in [2.05, 4.69) is 20.0 Å². The van der Waals surface area contributed by atoms with Gasteiger partial charge in [-0.15, -0.1) is 0 Å². The molecule has 4 heterocycles. The fourth-order valence-corrected chi connectivity index (χ4v) is 6.67. The van der Waals surface area contributed by atoms with Gasteiger partial charge in [0.25, 0.3) is 5.85 Å². The number of para-hydroxylation sites is 1. The zero-order valence-corrected chi connectivity index (χ0v) is 27.6. The number of aliphatic hydroxyl groups excluding tert-OH is 1. The highest BCUT2D eigenvalue weighted by atomic mass is 31.2. The number of nitrogens with one attached hydrogen (secondary N) is 1. The van der Waals surface area contributed by atoms with E-state index in [1.165, 1.54) is 12.7 Å². The van der Waals surface area contributed by atoms with Gasteiger partial charge < -0.3 is 28.9 Å². The van der Waals surface area contributed by atoms with E-state index >= 15 is 4.39 Å². The maximum atomic E-state index is 15.8. The van der Waals surface area contributed by atoms with Crippen LogP contribution in [0.1, 0.15) is 53.2 Å². The number of hydrogen-bond acceptors (Lipinski definition) is 12. The molecule has 2 aromatic heterocycles. The number of cyclic esters (lactones) is 1. The van der Waals surface area contributed by atoms with Crippen molar-refractivity contribution in [3.8, 4) is 11.6 Å². The van der Waals surface area contributed by atoms with Crippen LogP contribution in [0.25, 0.3) is 11.2 Å². The number of aliphatic hydroxyl groups is 2. The highest BCUT2D eigenvalue weighted by molar-refractivity contribution is 7.52. The lowest BCUT2D eigenvalue weighted by atomic mass is 9.90.